The van der Waals surface area contributed by atoms with E-state index in [9.17, 15) is 8.42 Å². The van der Waals surface area contributed by atoms with Gasteiger partial charge in [0.15, 0.2) is 5.84 Å². The van der Waals surface area contributed by atoms with Crippen LogP contribution in [0.3, 0.4) is 0 Å². The van der Waals surface area contributed by atoms with E-state index < -0.39 is 10.0 Å². The fourth-order valence-electron chi connectivity index (χ4n) is 1.28. The molecule has 17 heavy (non-hydrogen) atoms. The first-order valence-electron chi connectivity index (χ1n) is 4.97. The Morgan fingerprint density at radius 2 is 2.41 bits per heavy atom. The molecule has 9 heteroatoms. The summed E-state index contributed by atoms with van der Waals surface area (Å²) in [5.41, 5.74) is 5.32. The van der Waals surface area contributed by atoms with Crippen LogP contribution in [0.5, 0.6) is 0 Å². The molecule has 0 saturated carbocycles. The molecule has 0 atom stereocenters. The molecule has 0 unspecified atom stereocenters. The molecular weight excluding hydrogens is 246 g/mol. The number of aromatic amines is 1. The number of amidine groups is 1. The quantitative estimate of drug-likeness (QED) is 0.277. The van der Waals surface area contributed by atoms with Crippen LogP contribution in [-0.4, -0.2) is 47.1 Å². The van der Waals surface area contributed by atoms with E-state index in [0.717, 1.165) is 4.31 Å². The smallest absolute Gasteiger partial charge is 0.246 e. The lowest BCUT2D eigenvalue weighted by Gasteiger charge is -2.19. The molecule has 1 aromatic heterocycles. The van der Waals surface area contributed by atoms with Gasteiger partial charge in [-0.05, 0) is 6.42 Å². The Kier molecular flexibility index (Phi) is 4.46. The predicted molar refractivity (Wildman–Crippen MR) is 61.0 cm³/mol. The van der Waals surface area contributed by atoms with Crippen molar-refractivity contribution in [3.8, 4) is 0 Å². The molecule has 0 fully saturated rings. The largest absolute Gasteiger partial charge is 0.409 e. The van der Waals surface area contributed by atoms with E-state index in [2.05, 4.69) is 15.4 Å². The van der Waals surface area contributed by atoms with E-state index in [0.29, 0.717) is 6.42 Å². The summed E-state index contributed by atoms with van der Waals surface area (Å²) in [4.78, 5) is 0.0525. The summed E-state index contributed by atoms with van der Waals surface area (Å²) in [5, 5.41) is 17.3. The average molecular weight is 261 g/mol. The fraction of sp³-hybridized carbons (Fsp3) is 0.500. The zero-order valence-corrected chi connectivity index (χ0v) is 10.2. The molecule has 96 valence electrons. The van der Waals surface area contributed by atoms with Crippen molar-refractivity contribution in [3.63, 3.8) is 0 Å². The average Bonchev–Trinajstić information content (AvgIpc) is 2.82. The molecule has 0 aromatic carbocycles. The van der Waals surface area contributed by atoms with E-state index in [1.165, 1.54) is 12.4 Å². The van der Waals surface area contributed by atoms with E-state index in [1.54, 1.807) is 0 Å². The molecule has 0 saturated heterocycles. The molecule has 0 aliphatic rings. The summed E-state index contributed by atoms with van der Waals surface area (Å²) in [6.45, 7) is 1.96. The molecule has 1 rings (SSSR count). The molecular formula is C8H15N5O3S. The Morgan fingerprint density at radius 1 is 1.71 bits per heavy atom. The SMILES string of the molecule is CCCN(C/C(N)=N/O)S(=O)(=O)c1cn[nH]c1. The Bertz CT molecular complexity index is 467. The number of hydrogen-bond donors (Lipinski definition) is 3. The zero-order valence-electron chi connectivity index (χ0n) is 9.37. The minimum atomic E-state index is -3.66. The van der Waals surface area contributed by atoms with Crippen LogP contribution in [0.15, 0.2) is 22.4 Å². The van der Waals surface area contributed by atoms with Gasteiger partial charge in [0.05, 0.1) is 12.7 Å². The maximum absolute atomic E-state index is 12.1. The summed E-state index contributed by atoms with van der Waals surface area (Å²) >= 11 is 0. The van der Waals surface area contributed by atoms with Gasteiger partial charge >= 0.3 is 0 Å². The van der Waals surface area contributed by atoms with Crippen LogP contribution in [0.2, 0.25) is 0 Å². The van der Waals surface area contributed by atoms with Crippen LogP contribution >= 0.6 is 0 Å². The number of H-pyrrole nitrogens is 1. The molecule has 0 spiro atoms. The zero-order chi connectivity index (χ0) is 12.9. The van der Waals surface area contributed by atoms with Gasteiger partial charge in [-0.25, -0.2) is 8.42 Å². The fourth-order valence-corrected chi connectivity index (χ4v) is 2.69. The maximum Gasteiger partial charge on any atom is 0.246 e. The normalized spacial score (nSPS) is 13.2. The van der Waals surface area contributed by atoms with Crippen LogP contribution in [-0.2, 0) is 10.0 Å². The Balaban J connectivity index is 2.98. The predicted octanol–water partition coefficient (Wildman–Crippen LogP) is -0.443. The molecule has 8 nitrogen and oxygen atoms in total. The van der Waals surface area contributed by atoms with E-state index in [1.807, 2.05) is 6.92 Å². The molecule has 0 bridgehead atoms. The van der Waals surface area contributed by atoms with Crippen molar-refractivity contribution in [1.82, 2.24) is 14.5 Å². The number of oxime groups is 1. The highest BCUT2D eigenvalue weighted by atomic mass is 32.2. The highest BCUT2D eigenvalue weighted by Crippen LogP contribution is 2.13. The molecule has 0 aliphatic heterocycles. The molecule has 0 aliphatic carbocycles. The van der Waals surface area contributed by atoms with Crippen LogP contribution in [0.25, 0.3) is 0 Å². The first-order valence-corrected chi connectivity index (χ1v) is 6.41. The van der Waals surface area contributed by atoms with Crippen molar-refractivity contribution in [2.24, 2.45) is 10.9 Å². The number of nitrogens with one attached hydrogen (secondary N) is 1. The van der Waals surface area contributed by atoms with Gasteiger partial charge in [0.25, 0.3) is 0 Å². The summed E-state index contributed by atoms with van der Waals surface area (Å²) in [6, 6.07) is 0. The monoisotopic (exact) mass is 261 g/mol. The van der Waals surface area contributed by atoms with Gasteiger partial charge in [-0.15, -0.1) is 0 Å². The highest BCUT2D eigenvalue weighted by Gasteiger charge is 2.25. The molecule has 1 aromatic rings. The van der Waals surface area contributed by atoms with Gasteiger partial charge in [-0.1, -0.05) is 12.1 Å². The van der Waals surface area contributed by atoms with Gasteiger partial charge in [0.2, 0.25) is 10.0 Å². The Labute approximate surface area is 99.2 Å². The lowest BCUT2D eigenvalue weighted by Crippen LogP contribution is -2.38. The summed E-state index contributed by atoms with van der Waals surface area (Å²) in [7, 11) is -3.66. The number of hydrogen-bond acceptors (Lipinski definition) is 5. The minimum absolute atomic E-state index is 0.0525. The second-order valence-electron chi connectivity index (χ2n) is 3.36. The standard InChI is InChI=1S/C8H15N5O3S/c1-2-3-13(6-8(9)12-14)17(15,16)7-4-10-11-5-7/h4-5,14H,2-3,6H2,1H3,(H2,9,12)(H,10,11). The maximum atomic E-state index is 12.1. The van der Waals surface area contributed by atoms with Gasteiger partial charge in [-0.2, -0.15) is 9.40 Å². The van der Waals surface area contributed by atoms with E-state index >= 15 is 0 Å². The lowest BCUT2D eigenvalue weighted by molar-refractivity contribution is 0.314. The summed E-state index contributed by atoms with van der Waals surface area (Å²) < 4.78 is 25.3. The Hall–Kier alpha value is -1.61. The summed E-state index contributed by atoms with van der Waals surface area (Å²) in [5.74, 6) is -0.162. The van der Waals surface area contributed by atoms with Crippen molar-refractivity contribution in [2.75, 3.05) is 13.1 Å². The number of rotatable bonds is 6. The van der Waals surface area contributed by atoms with Crippen molar-refractivity contribution >= 4 is 15.9 Å². The van der Waals surface area contributed by atoms with Crippen molar-refractivity contribution in [2.45, 2.75) is 18.2 Å². The van der Waals surface area contributed by atoms with Crippen molar-refractivity contribution in [3.05, 3.63) is 12.4 Å². The second kappa shape index (κ2) is 5.64. The third-order valence-electron chi connectivity index (χ3n) is 2.05. The third-order valence-corrected chi connectivity index (χ3v) is 3.86. The molecule has 0 amide bonds. The third kappa shape index (κ3) is 3.17. The Morgan fingerprint density at radius 3 is 2.88 bits per heavy atom. The minimum Gasteiger partial charge on any atom is -0.409 e. The summed E-state index contributed by atoms with van der Waals surface area (Å²) in [6.07, 6.45) is 3.12. The van der Waals surface area contributed by atoms with E-state index in [-0.39, 0.29) is 23.8 Å². The van der Waals surface area contributed by atoms with Gasteiger partial charge in [-0.3, -0.25) is 5.10 Å². The molecule has 4 N–H and O–H groups in total. The van der Waals surface area contributed by atoms with Crippen molar-refractivity contribution < 1.29 is 13.6 Å². The first-order chi connectivity index (χ1) is 8.02. The van der Waals surface area contributed by atoms with Gasteiger partial charge in [0, 0.05) is 12.7 Å². The first kappa shape index (κ1) is 13.5. The highest BCUT2D eigenvalue weighted by molar-refractivity contribution is 7.89. The lowest BCUT2D eigenvalue weighted by atomic mass is 10.4. The van der Waals surface area contributed by atoms with Crippen molar-refractivity contribution in [1.29, 1.82) is 0 Å². The number of aromatic nitrogens is 2. The number of sulfonamides is 1. The number of nitrogens with zero attached hydrogens (tertiary/aromatic N) is 3. The topological polar surface area (TPSA) is 125 Å². The van der Waals surface area contributed by atoms with Crippen LogP contribution in [0.1, 0.15) is 13.3 Å². The van der Waals surface area contributed by atoms with Crippen LogP contribution < -0.4 is 5.73 Å². The van der Waals surface area contributed by atoms with E-state index in [4.69, 9.17) is 10.9 Å². The van der Waals surface area contributed by atoms with Crippen LogP contribution in [0, 0.1) is 0 Å². The van der Waals surface area contributed by atoms with Gasteiger partial charge in [0.1, 0.15) is 4.90 Å². The second-order valence-corrected chi connectivity index (χ2v) is 5.30. The van der Waals surface area contributed by atoms with Gasteiger partial charge < -0.3 is 10.9 Å². The molecule has 0 radical (unpaired) electrons. The number of nitrogens with two attached hydrogens (primary N) is 1. The molecule has 1 heterocycles. The van der Waals surface area contributed by atoms with Crippen LogP contribution in [0.4, 0.5) is 0 Å².